The average molecular weight is 337 g/mol. The molecule has 1 aromatic heterocycles. The van der Waals surface area contributed by atoms with E-state index in [-0.39, 0.29) is 23.6 Å². The summed E-state index contributed by atoms with van der Waals surface area (Å²) >= 11 is 0. The Hall–Kier alpha value is -2.82. The predicted octanol–water partition coefficient (Wildman–Crippen LogP) is 3.81. The Morgan fingerprint density at radius 1 is 1.24 bits per heavy atom. The molecule has 2 aromatic rings. The van der Waals surface area contributed by atoms with Gasteiger partial charge in [-0.15, -0.1) is 0 Å². The molecular formula is C20H20FN3O. The van der Waals surface area contributed by atoms with Crippen LogP contribution in [0.25, 0.3) is 0 Å². The van der Waals surface area contributed by atoms with Crippen LogP contribution < -0.4 is 5.43 Å². The minimum absolute atomic E-state index is 0.0294. The second-order valence-corrected chi connectivity index (χ2v) is 6.27. The zero-order valence-electron chi connectivity index (χ0n) is 14.0. The normalized spacial score (nSPS) is 20.3. The van der Waals surface area contributed by atoms with Crippen LogP contribution in [0.3, 0.4) is 0 Å². The molecule has 4 nitrogen and oxygen atoms in total. The molecule has 2 unspecified atom stereocenters. The van der Waals surface area contributed by atoms with Crippen LogP contribution in [0.2, 0.25) is 0 Å². The molecule has 2 atom stereocenters. The summed E-state index contributed by atoms with van der Waals surface area (Å²) in [5.74, 6) is -0.580. The zero-order chi connectivity index (χ0) is 17.6. The van der Waals surface area contributed by atoms with E-state index in [1.165, 1.54) is 17.7 Å². The fourth-order valence-corrected chi connectivity index (χ4v) is 3.12. The number of hydrazone groups is 1. The molecule has 0 spiro atoms. The van der Waals surface area contributed by atoms with Gasteiger partial charge in [-0.1, -0.05) is 23.8 Å². The number of pyridine rings is 1. The summed E-state index contributed by atoms with van der Waals surface area (Å²) < 4.78 is 13.2. The Labute approximate surface area is 146 Å². The summed E-state index contributed by atoms with van der Waals surface area (Å²) in [6, 6.07) is 10.0. The highest BCUT2D eigenvalue weighted by atomic mass is 19.1. The number of benzene rings is 1. The van der Waals surface area contributed by atoms with Gasteiger partial charge in [-0.2, -0.15) is 5.10 Å². The van der Waals surface area contributed by atoms with Crippen LogP contribution in [0.15, 0.2) is 65.5 Å². The molecule has 128 valence electrons. The number of amides is 1. The van der Waals surface area contributed by atoms with Gasteiger partial charge < -0.3 is 0 Å². The van der Waals surface area contributed by atoms with E-state index in [2.05, 4.69) is 28.5 Å². The lowest BCUT2D eigenvalue weighted by Gasteiger charge is -2.29. The molecule has 0 saturated carbocycles. The van der Waals surface area contributed by atoms with Gasteiger partial charge in [-0.3, -0.25) is 9.78 Å². The lowest BCUT2D eigenvalue weighted by Crippen LogP contribution is -2.33. The minimum Gasteiger partial charge on any atom is -0.273 e. The van der Waals surface area contributed by atoms with Crippen LogP contribution in [0.5, 0.6) is 0 Å². The van der Waals surface area contributed by atoms with Crippen molar-refractivity contribution in [1.82, 2.24) is 10.4 Å². The van der Waals surface area contributed by atoms with Gasteiger partial charge in [-0.05, 0) is 61.1 Å². The van der Waals surface area contributed by atoms with E-state index in [1.807, 2.05) is 12.1 Å². The van der Waals surface area contributed by atoms with Gasteiger partial charge in [0.1, 0.15) is 5.82 Å². The first-order valence-electron chi connectivity index (χ1n) is 8.27. The fourth-order valence-electron chi connectivity index (χ4n) is 3.12. The molecule has 0 aliphatic heterocycles. The van der Waals surface area contributed by atoms with Gasteiger partial charge in [0.2, 0.25) is 5.91 Å². The third kappa shape index (κ3) is 4.38. The number of halogens is 1. The number of nitrogens with one attached hydrogen (secondary N) is 1. The maximum absolute atomic E-state index is 13.2. The van der Waals surface area contributed by atoms with Crippen molar-refractivity contribution in [2.75, 3.05) is 0 Å². The van der Waals surface area contributed by atoms with Crippen LogP contribution in [-0.2, 0) is 4.79 Å². The average Bonchev–Trinajstić information content (AvgIpc) is 2.63. The van der Waals surface area contributed by atoms with Crippen molar-refractivity contribution < 1.29 is 9.18 Å². The molecule has 0 bridgehead atoms. The Morgan fingerprint density at radius 2 is 1.96 bits per heavy atom. The summed E-state index contributed by atoms with van der Waals surface area (Å²) in [7, 11) is 0. The number of aromatic nitrogens is 1. The summed E-state index contributed by atoms with van der Waals surface area (Å²) in [6.45, 7) is 2.06. The molecular weight excluding hydrogens is 317 g/mol. The van der Waals surface area contributed by atoms with Gasteiger partial charge in [0.05, 0.1) is 12.1 Å². The van der Waals surface area contributed by atoms with Gasteiger partial charge in [0.15, 0.2) is 0 Å². The van der Waals surface area contributed by atoms with Crippen LogP contribution in [0.1, 0.15) is 36.8 Å². The highest BCUT2D eigenvalue weighted by Gasteiger charge is 2.31. The molecule has 1 heterocycles. The molecule has 3 rings (SSSR count). The van der Waals surface area contributed by atoms with Crippen molar-refractivity contribution in [2.24, 2.45) is 11.0 Å². The van der Waals surface area contributed by atoms with E-state index >= 15 is 0 Å². The molecule has 1 aliphatic carbocycles. The number of allylic oxidation sites excluding steroid dienone is 2. The number of carbonyl (C=O) groups is 1. The van der Waals surface area contributed by atoms with Crippen molar-refractivity contribution in [3.63, 3.8) is 0 Å². The second kappa shape index (κ2) is 7.83. The maximum atomic E-state index is 13.2. The SMILES string of the molecule is CC1=CCC(C(=O)N/N=C/c2ccncc2)C(c2ccc(F)cc2)C1. The Morgan fingerprint density at radius 3 is 2.68 bits per heavy atom. The van der Waals surface area contributed by atoms with E-state index in [1.54, 1.807) is 30.7 Å². The predicted molar refractivity (Wildman–Crippen MR) is 95.6 cm³/mol. The minimum atomic E-state index is -0.269. The molecule has 5 heteroatoms. The Kier molecular flexibility index (Phi) is 5.33. The molecule has 1 aliphatic rings. The van der Waals surface area contributed by atoms with Crippen LogP contribution in [0.4, 0.5) is 4.39 Å². The molecule has 1 aromatic carbocycles. The molecule has 25 heavy (non-hydrogen) atoms. The fraction of sp³-hybridized carbons (Fsp3) is 0.250. The van der Waals surface area contributed by atoms with E-state index in [0.717, 1.165) is 17.5 Å². The van der Waals surface area contributed by atoms with E-state index in [4.69, 9.17) is 0 Å². The monoisotopic (exact) mass is 337 g/mol. The highest BCUT2D eigenvalue weighted by Crippen LogP contribution is 2.37. The topological polar surface area (TPSA) is 54.4 Å². The summed E-state index contributed by atoms with van der Waals surface area (Å²) in [5, 5.41) is 4.04. The Balaban J connectivity index is 1.72. The molecule has 0 fully saturated rings. The molecule has 1 amide bonds. The third-order valence-corrected chi connectivity index (χ3v) is 4.48. The first-order chi connectivity index (χ1) is 12.1. The van der Waals surface area contributed by atoms with Crippen LogP contribution >= 0.6 is 0 Å². The van der Waals surface area contributed by atoms with Crippen molar-refractivity contribution in [3.8, 4) is 0 Å². The van der Waals surface area contributed by atoms with Gasteiger partial charge >= 0.3 is 0 Å². The molecule has 1 N–H and O–H groups in total. The number of hydrogen-bond acceptors (Lipinski definition) is 3. The summed E-state index contributed by atoms with van der Waals surface area (Å²) in [5.41, 5.74) is 5.73. The summed E-state index contributed by atoms with van der Waals surface area (Å²) in [6.07, 6.45) is 8.47. The number of nitrogens with zero attached hydrogens (tertiary/aromatic N) is 2. The van der Waals surface area contributed by atoms with Crippen LogP contribution in [0, 0.1) is 11.7 Å². The summed E-state index contributed by atoms with van der Waals surface area (Å²) in [4.78, 5) is 16.5. The lowest BCUT2D eigenvalue weighted by atomic mass is 9.75. The van der Waals surface area contributed by atoms with E-state index in [9.17, 15) is 9.18 Å². The lowest BCUT2D eigenvalue weighted by molar-refractivity contribution is -0.125. The molecule has 0 radical (unpaired) electrons. The van der Waals surface area contributed by atoms with Gasteiger partial charge in [0, 0.05) is 12.4 Å². The van der Waals surface area contributed by atoms with Crippen molar-refractivity contribution in [2.45, 2.75) is 25.7 Å². The highest BCUT2D eigenvalue weighted by molar-refractivity contribution is 5.84. The quantitative estimate of drug-likeness (QED) is 0.524. The van der Waals surface area contributed by atoms with Gasteiger partial charge in [0.25, 0.3) is 0 Å². The largest absolute Gasteiger partial charge is 0.273 e. The van der Waals surface area contributed by atoms with Crippen molar-refractivity contribution in [1.29, 1.82) is 0 Å². The third-order valence-electron chi connectivity index (χ3n) is 4.48. The Bertz CT molecular complexity index is 784. The maximum Gasteiger partial charge on any atom is 0.244 e. The first kappa shape index (κ1) is 17.0. The van der Waals surface area contributed by atoms with Crippen molar-refractivity contribution in [3.05, 3.63) is 77.4 Å². The van der Waals surface area contributed by atoms with Crippen molar-refractivity contribution >= 4 is 12.1 Å². The smallest absolute Gasteiger partial charge is 0.244 e. The number of carbonyl (C=O) groups excluding carboxylic acids is 1. The standard InChI is InChI=1S/C20H20FN3O/c1-14-2-7-18(19(12-14)16-3-5-17(21)6-4-16)20(25)24-23-13-15-8-10-22-11-9-15/h2-6,8-11,13,18-19H,7,12H2,1H3,(H,24,25)/b23-13+. The zero-order valence-corrected chi connectivity index (χ0v) is 14.0. The number of hydrogen-bond donors (Lipinski definition) is 1. The second-order valence-electron chi connectivity index (χ2n) is 6.27. The van der Waals surface area contributed by atoms with E-state index in [0.29, 0.717) is 6.42 Å². The number of rotatable bonds is 4. The molecule has 0 saturated heterocycles. The van der Waals surface area contributed by atoms with E-state index < -0.39 is 0 Å². The van der Waals surface area contributed by atoms with Gasteiger partial charge in [-0.25, -0.2) is 9.82 Å². The van der Waals surface area contributed by atoms with Crippen LogP contribution in [-0.4, -0.2) is 17.1 Å². The first-order valence-corrected chi connectivity index (χ1v) is 8.27.